The first-order valence-corrected chi connectivity index (χ1v) is 7.96. The maximum atomic E-state index is 11.4. The van der Waals surface area contributed by atoms with Crippen molar-refractivity contribution in [1.29, 1.82) is 0 Å². The van der Waals surface area contributed by atoms with Crippen LogP contribution in [0.1, 0.15) is 6.92 Å². The molecule has 1 rings (SSSR count). The number of nitrogens with two attached hydrogens (primary N) is 1. The first-order chi connectivity index (χ1) is 10.2. The minimum Gasteiger partial charge on any atom is -0.388 e. The molecule has 1 heterocycles. The predicted molar refractivity (Wildman–Crippen MR) is 71.3 cm³/mol. The van der Waals surface area contributed by atoms with Gasteiger partial charge < -0.3 is 36.0 Å². The zero-order chi connectivity index (χ0) is 16.9. The molecule has 11 nitrogen and oxygen atoms in total. The highest BCUT2D eigenvalue weighted by Crippen LogP contribution is 2.43. The zero-order valence-corrected chi connectivity index (χ0v) is 12.8. The number of hydrogen-bond donors (Lipinski definition) is 6. The topological polar surface area (TPSA) is 181 Å². The Morgan fingerprint density at radius 2 is 1.95 bits per heavy atom. The lowest BCUT2D eigenvalue weighted by Crippen LogP contribution is -2.64. The molecular weight excluding hydrogens is 323 g/mol. The molecule has 1 fully saturated rings. The Hall–Kier alpha value is -0.620. The second-order valence-electron chi connectivity index (χ2n) is 4.66. The smallest absolute Gasteiger partial charge is 0.388 e. The van der Waals surface area contributed by atoms with Crippen LogP contribution in [0.3, 0.4) is 0 Å². The number of carbonyl (C=O) groups is 1. The minimum atomic E-state index is -4.38. The number of aliphatic hydroxyl groups is 3. The van der Waals surface area contributed by atoms with Crippen LogP contribution in [0.4, 0.5) is 0 Å². The monoisotopic (exact) mass is 344 g/mol. The second kappa shape index (κ2) is 8.29. The number of nitrogens with one attached hydrogen (secondary N) is 1. The van der Waals surface area contributed by atoms with E-state index in [1.165, 1.54) is 0 Å². The maximum Gasteiger partial charge on any atom is 0.472 e. The van der Waals surface area contributed by atoms with Crippen molar-refractivity contribution >= 4 is 13.7 Å². The molecule has 1 saturated heterocycles. The Balaban J connectivity index is 2.59. The van der Waals surface area contributed by atoms with E-state index in [9.17, 15) is 29.6 Å². The largest absolute Gasteiger partial charge is 0.472 e. The molecule has 0 spiro atoms. The number of ether oxygens (including phenoxy) is 1. The third-order valence-corrected chi connectivity index (χ3v) is 3.85. The van der Waals surface area contributed by atoms with E-state index in [0.717, 1.165) is 6.92 Å². The first kappa shape index (κ1) is 19.4. The normalized spacial score (nSPS) is 34.9. The van der Waals surface area contributed by atoms with Gasteiger partial charge in [-0.15, -0.1) is 0 Å². The molecule has 0 aromatic heterocycles. The number of amides is 1. The van der Waals surface area contributed by atoms with Gasteiger partial charge in [-0.25, -0.2) is 4.57 Å². The zero-order valence-electron chi connectivity index (χ0n) is 11.9. The Bertz CT molecular complexity index is 423. The number of aliphatic hydroxyl groups excluding tert-OH is 3. The molecule has 0 aromatic carbocycles. The van der Waals surface area contributed by atoms with Gasteiger partial charge in [0.1, 0.15) is 24.4 Å². The van der Waals surface area contributed by atoms with Crippen molar-refractivity contribution in [1.82, 2.24) is 5.32 Å². The molecule has 6 atom stereocenters. The van der Waals surface area contributed by atoms with Gasteiger partial charge in [0.15, 0.2) is 6.29 Å². The van der Waals surface area contributed by atoms with Gasteiger partial charge in [-0.2, -0.15) is 0 Å². The molecule has 7 N–H and O–H groups in total. The van der Waals surface area contributed by atoms with Gasteiger partial charge in [0.2, 0.25) is 5.91 Å². The molecule has 12 heteroatoms. The molecule has 0 saturated carbocycles. The highest BCUT2D eigenvalue weighted by molar-refractivity contribution is 7.47. The molecule has 1 unspecified atom stereocenters. The predicted octanol–water partition coefficient (Wildman–Crippen LogP) is -2.98. The Kier molecular flexibility index (Phi) is 7.32. The molecule has 0 aliphatic carbocycles. The van der Waals surface area contributed by atoms with E-state index in [1.807, 2.05) is 0 Å². The molecule has 1 aliphatic heterocycles. The lowest BCUT2D eigenvalue weighted by Gasteiger charge is -2.40. The van der Waals surface area contributed by atoms with Crippen molar-refractivity contribution in [2.24, 2.45) is 5.73 Å². The minimum absolute atomic E-state index is 0.00624. The van der Waals surface area contributed by atoms with Gasteiger partial charge >= 0.3 is 7.82 Å². The van der Waals surface area contributed by atoms with Crippen molar-refractivity contribution in [2.75, 3.05) is 19.8 Å². The summed E-state index contributed by atoms with van der Waals surface area (Å²) in [6, 6.07) is -1.24. The van der Waals surface area contributed by atoms with Crippen molar-refractivity contribution in [3.8, 4) is 0 Å². The van der Waals surface area contributed by atoms with E-state index in [1.54, 1.807) is 0 Å². The van der Waals surface area contributed by atoms with Gasteiger partial charge in [-0.05, 0) is 0 Å². The number of hydrogen-bond acceptors (Lipinski definition) is 9. The highest BCUT2D eigenvalue weighted by atomic mass is 31.2. The average Bonchev–Trinajstić information content (AvgIpc) is 2.43. The van der Waals surface area contributed by atoms with E-state index < -0.39 is 51.0 Å². The summed E-state index contributed by atoms with van der Waals surface area (Å²) in [6.07, 6.45) is -6.03. The fourth-order valence-corrected chi connectivity index (χ4v) is 2.59. The molecular formula is C10H21N2O9P. The summed E-state index contributed by atoms with van der Waals surface area (Å²) in [5.74, 6) is -0.538. The molecule has 0 aromatic rings. The van der Waals surface area contributed by atoms with Gasteiger partial charge in [0, 0.05) is 13.5 Å². The third-order valence-electron chi connectivity index (χ3n) is 2.86. The quantitative estimate of drug-likeness (QED) is 0.261. The number of phosphoric acid groups is 1. The molecule has 1 amide bonds. The van der Waals surface area contributed by atoms with E-state index in [0.29, 0.717) is 0 Å². The van der Waals surface area contributed by atoms with Crippen molar-refractivity contribution in [3.05, 3.63) is 0 Å². The van der Waals surface area contributed by atoms with Crippen molar-refractivity contribution in [2.45, 2.75) is 37.6 Å². The van der Waals surface area contributed by atoms with E-state index in [4.69, 9.17) is 10.5 Å². The Labute approximate surface area is 126 Å². The Morgan fingerprint density at radius 1 is 1.32 bits per heavy atom. The summed E-state index contributed by atoms with van der Waals surface area (Å²) in [5, 5.41) is 31.6. The fraction of sp³-hybridized carbons (Fsp3) is 0.900. The highest BCUT2D eigenvalue weighted by Gasteiger charge is 2.45. The van der Waals surface area contributed by atoms with Crippen LogP contribution < -0.4 is 11.1 Å². The summed E-state index contributed by atoms with van der Waals surface area (Å²) < 4.78 is 25.5. The molecule has 0 radical (unpaired) electrons. The summed E-state index contributed by atoms with van der Waals surface area (Å²) in [7, 11) is -4.38. The van der Waals surface area contributed by atoms with Crippen LogP contribution in [-0.2, 0) is 23.1 Å². The van der Waals surface area contributed by atoms with Crippen LogP contribution in [0.2, 0.25) is 0 Å². The average molecular weight is 344 g/mol. The fourth-order valence-electron chi connectivity index (χ4n) is 1.85. The van der Waals surface area contributed by atoms with Crippen LogP contribution in [-0.4, -0.2) is 76.5 Å². The van der Waals surface area contributed by atoms with Gasteiger partial charge in [-0.3, -0.25) is 13.8 Å². The molecule has 22 heavy (non-hydrogen) atoms. The van der Waals surface area contributed by atoms with Crippen LogP contribution in [0.5, 0.6) is 0 Å². The van der Waals surface area contributed by atoms with Gasteiger partial charge in [0.05, 0.1) is 13.2 Å². The summed E-state index contributed by atoms with van der Waals surface area (Å²) in [6.45, 7) is 0.336. The van der Waals surface area contributed by atoms with Crippen LogP contribution >= 0.6 is 7.82 Å². The molecule has 1 aliphatic rings. The standard InChI is InChI=1S/C10H21N2O9P/c1-5(13)12-7-9(15)8(14)6(21-10(7)16)4-20-22(17,18)19-3-2-11/h6-10,14-16H,2-4,11H2,1H3,(H,12,13)(H,17,18)/t6-,7-,8-,9-,10-/m1/s1. The maximum absolute atomic E-state index is 11.4. The summed E-state index contributed by atoms with van der Waals surface area (Å²) in [4.78, 5) is 20.3. The van der Waals surface area contributed by atoms with Crippen LogP contribution in [0.15, 0.2) is 0 Å². The van der Waals surface area contributed by atoms with E-state index in [2.05, 4.69) is 14.4 Å². The SMILES string of the molecule is CC(=O)N[C@@H]1[C@@H](O)[C@H](O)[C@@H](COP(=O)(O)OCCN)O[C@H]1O. The number of rotatable bonds is 7. The summed E-state index contributed by atoms with van der Waals surface area (Å²) in [5.41, 5.74) is 5.11. The van der Waals surface area contributed by atoms with Gasteiger partial charge in [0.25, 0.3) is 0 Å². The molecule has 130 valence electrons. The van der Waals surface area contributed by atoms with E-state index in [-0.39, 0.29) is 13.2 Å². The van der Waals surface area contributed by atoms with Crippen LogP contribution in [0, 0.1) is 0 Å². The Morgan fingerprint density at radius 3 is 2.50 bits per heavy atom. The lowest BCUT2D eigenvalue weighted by atomic mass is 9.97. The van der Waals surface area contributed by atoms with E-state index >= 15 is 0 Å². The number of phosphoric ester groups is 1. The summed E-state index contributed by atoms with van der Waals surface area (Å²) >= 11 is 0. The second-order valence-corrected chi connectivity index (χ2v) is 6.11. The first-order valence-electron chi connectivity index (χ1n) is 6.46. The van der Waals surface area contributed by atoms with Crippen molar-refractivity contribution in [3.63, 3.8) is 0 Å². The number of carbonyl (C=O) groups excluding carboxylic acids is 1. The van der Waals surface area contributed by atoms with Crippen molar-refractivity contribution < 1.29 is 43.4 Å². The van der Waals surface area contributed by atoms with Crippen LogP contribution in [0.25, 0.3) is 0 Å². The van der Waals surface area contributed by atoms with Gasteiger partial charge in [-0.1, -0.05) is 0 Å². The lowest BCUT2D eigenvalue weighted by molar-refractivity contribution is -0.252. The molecule has 0 bridgehead atoms. The third kappa shape index (κ3) is 5.54.